The first-order valence-electron chi connectivity index (χ1n) is 4.87. The van der Waals surface area contributed by atoms with Crippen LogP contribution >= 0.6 is 0 Å². The van der Waals surface area contributed by atoms with Gasteiger partial charge in [0, 0.05) is 6.42 Å². The van der Waals surface area contributed by atoms with Crippen LogP contribution in [0, 0.1) is 0 Å². The van der Waals surface area contributed by atoms with Crippen LogP contribution in [0.15, 0.2) is 18.2 Å². The first-order valence-corrected chi connectivity index (χ1v) is 4.87. The molecule has 0 amide bonds. The van der Waals surface area contributed by atoms with Crippen LogP contribution in [0.5, 0.6) is 0 Å². The van der Waals surface area contributed by atoms with Gasteiger partial charge in [0.15, 0.2) is 0 Å². The van der Waals surface area contributed by atoms with Crippen molar-refractivity contribution < 1.29 is 24.0 Å². The Kier molecular flexibility index (Phi) is 2.94. The van der Waals surface area contributed by atoms with E-state index < -0.39 is 19.3 Å². The highest BCUT2D eigenvalue weighted by atomic mass is 19.1. The first kappa shape index (κ1) is 11.1. The first-order chi connectivity index (χ1) is 7.59. The van der Waals surface area contributed by atoms with E-state index in [1.807, 2.05) is 0 Å². The summed E-state index contributed by atoms with van der Waals surface area (Å²) >= 11 is 0. The molecule has 4 nitrogen and oxygen atoms in total. The minimum atomic E-state index is -1.96. The predicted molar refractivity (Wildman–Crippen MR) is 55.1 cm³/mol. The molecule has 6 heteroatoms. The fourth-order valence-corrected chi connectivity index (χ4v) is 1.82. The fourth-order valence-electron chi connectivity index (χ4n) is 1.82. The van der Waals surface area contributed by atoms with Crippen LogP contribution < -0.4 is 5.46 Å². The summed E-state index contributed by atoms with van der Waals surface area (Å²) in [6, 6.07) is 5.07. The fraction of sp³-hybridized carbons (Fsp3) is 0.300. The third kappa shape index (κ3) is 1.94. The van der Waals surface area contributed by atoms with Crippen molar-refractivity contribution in [1.29, 1.82) is 0 Å². The van der Waals surface area contributed by atoms with Crippen LogP contribution in [0.4, 0.5) is 4.39 Å². The van der Waals surface area contributed by atoms with Crippen LogP contribution in [-0.2, 0) is 22.5 Å². The van der Waals surface area contributed by atoms with Gasteiger partial charge in [-0.3, -0.25) is 0 Å². The molecule has 0 saturated carbocycles. The molecule has 0 radical (unpaired) electrons. The molecule has 0 spiro atoms. The van der Waals surface area contributed by atoms with Crippen molar-refractivity contribution in [2.45, 2.75) is 19.2 Å². The lowest BCUT2D eigenvalue weighted by molar-refractivity contribution is -0.142. The highest BCUT2D eigenvalue weighted by molar-refractivity contribution is 6.62. The summed E-state index contributed by atoms with van der Waals surface area (Å²) in [7, 11) is -1.08. The summed E-state index contributed by atoms with van der Waals surface area (Å²) in [4.78, 5) is 10.4. The average Bonchev–Trinajstić information content (AvgIpc) is 2.61. The summed E-state index contributed by atoms with van der Waals surface area (Å²) in [6.07, 6.45) is -2.21. The van der Waals surface area contributed by atoms with Gasteiger partial charge in [-0.25, -0.2) is 9.18 Å². The molecule has 16 heavy (non-hydrogen) atoms. The van der Waals surface area contributed by atoms with Crippen molar-refractivity contribution in [3.8, 4) is 0 Å². The Morgan fingerprint density at radius 3 is 3.06 bits per heavy atom. The minimum absolute atomic E-state index is 0.251. The molecule has 1 aliphatic rings. The van der Waals surface area contributed by atoms with Crippen molar-refractivity contribution in [1.82, 2.24) is 0 Å². The van der Waals surface area contributed by atoms with Gasteiger partial charge in [0.1, 0.15) is 0 Å². The molecule has 1 atom stereocenters. The summed E-state index contributed by atoms with van der Waals surface area (Å²) < 4.78 is 18.1. The van der Waals surface area contributed by atoms with Crippen molar-refractivity contribution in [3.63, 3.8) is 0 Å². The second-order valence-corrected chi connectivity index (χ2v) is 3.66. The molecule has 0 bridgehead atoms. The second kappa shape index (κ2) is 4.23. The van der Waals surface area contributed by atoms with E-state index in [1.54, 1.807) is 18.2 Å². The lowest BCUT2D eigenvalue weighted by Crippen LogP contribution is -2.33. The van der Waals surface area contributed by atoms with Crippen LogP contribution in [-0.4, -0.2) is 29.4 Å². The maximum absolute atomic E-state index is 13.1. The SMILES string of the molecule is O=C(O)[C@@H](F)Cc1cccc2c1B(O)OC2. The van der Waals surface area contributed by atoms with Gasteiger partial charge in [-0.2, -0.15) is 0 Å². The Balaban J connectivity index is 2.29. The molecule has 1 aromatic carbocycles. The number of carboxylic acid groups (broad SMARTS) is 1. The molecule has 1 heterocycles. The highest BCUT2D eigenvalue weighted by Gasteiger charge is 2.31. The number of fused-ring (bicyclic) bond motifs is 1. The average molecular weight is 224 g/mol. The molecule has 0 fully saturated rings. The largest absolute Gasteiger partial charge is 0.492 e. The number of aliphatic carboxylic acids is 1. The van der Waals surface area contributed by atoms with Crippen molar-refractivity contribution in [2.24, 2.45) is 0 Å². The van der Waals surface area contributed by atoms with Gasteiger partial charge in [0.05, 0.1) is 6.61 Å². The summed E-state index contributed by atoms with van der Waals surface area (Å²) in [6.45, 7) is 0.272. The summed E-state index contributed by atoms with van der Waals surface area (Å²) in [5.74, 6) is -1.49. The van der Waals surface area contributed by atoms with E-state index in [0.717, 1.165) is 5.56 Å². The van der Waals surface area contributed by atoms with Gasteiger partial charge in [0.25, 0.3) is 0 Å². The Hall–Kier alpha value is -1.40. The van der Waals surface area contributed by atoms with Crippen LogP contribution in [0.2, 0.25) is 0 Å². The van der Waals surface area contributed by atoms with Gasteiger partial charge in [-0.05, 0) is 16.6 Å². The maximum Gasteiger partial charge on any atom is 0.492 e. The van der Waals surface area contributed by atoms with Crippen molar-refractivity contribution in [2.75, 3.05) is 0 Å². The number of benzene rings is 1. The second-order valence-electron chi connectivity index (χ2n) is 3.66. The lowest BCUT2D eigenvalue weighted by Gasteiger charge is -2.08. The topological polar surface area (TPSA) is 66.8 Å². The molecular weight excluding hydrogens is 214 g/mol. The molecule has 0 aliphatic carbocycles. The van der Waals surface area contributed by atoms with Crippen molar-refractivity contribution in [3.05, 3.63) is 29.3 Å². The molecule has 0 saturated heterocycles. The van der Waals surface area contributed by atoms with E-state index in [4.69, 9.17) is 9.76 Å². The van der Waals surface area contributed by atoms with Crippen LogP contribution in [0.1, 0.15) is 11.1 Å². The molecule has 84 valence electrons. The Morgan fingerprint density at radius 2 is 2.38 bits per heavy atom. The van der Waals surface area contributed by atoms with Gasteiger partial charge in [-0.1, -0.05) is 18.2 Å². The highest BCUT2D eigenvalue weighted by Crippen LogP contribution is 2.14. The molecule has 0 aromatic heterocycles. The summed E-state index contributed by atoms with van der Waals surface area (Å²) in [5, 5.41) is 18.0. The number of halogens is 1. The zero-order valence-electron chi connectivity index (χ0n) is 8.39. The number of alkyl halides is 1. The van der Waals surface area contributed by atoms with Gasteiger partial charge >= 0.3 is 13.1 Å². The quantitative estimate of drug-likeness (QED) is 0.701. The van der Waals surface area contributed by atoms with Gasteiger partial charge < -0.3 is 14.8 Å². The Bertz CT molecular complexity index is 423. The minimum Gasteiger partial charge on any atom is -0.479 e. The predicted octanol–water partition coefficient (Wildman–Crippen LogP) is -0.131. The van der Waals surface area contributed by atoms with E-state index in [2.05, 4.69) is 0 Å². The van der Waals surface area contributed by atoms with E-state index >= 15 is 0 Å². The molecule has 1 aliphatic heterocycles. The van der Waals surface area contributed by atoms with E-state index in [9.17, 15) is 14.2 Å². The lowest BCUT2D eigenvalue weighted by atomic mass is 9.75. The number of carboxylic acids is 1. The van der Waals surface area contributed by atoms with Crippen LogP contribution in [0.25, 0.3) is 0 Å². The molecule has 2 N–H and O–H groups in total. The number of hydrogen-bond donors (Lipinski definition) is 2. The van der Waals surface area contributed by atoms with Crippen LogP contribution in [0.3, 0.4) is 0 Å². The number of carbonyl (C=O) groups is 1. The van der Waals surface area contributed by atoms with E-state index in [1.165, 1.54) is 0 Å². The van der Waals surface area contributed by atoms with E-state index in [-0.39, 0.29) is 13.0 Å². The summed E-state index contributed by atoms with van der Waals surface area (Å²) in [5.41, 5.74) is 1.77. The Morgan fingerprint density at radius 1 is 1.62 bits per heavy atom. The monoisotopic (exact) mass is 224 g/mol. The zero-order valence-corrected chi connectivity index (χ0v) is 8.39. The Labute approximate surface area is 91.8 Å². The standard InChI is InChI=1S/C10H10BFO4/c12-8(10(13)14)4-6-2-1-3-7-5-16-11(15)9(6)7/h1-3,8,15H,4-5H2,(H,13,14)/t8-/m0/s1. The molecule has 2 rings (SSSR count). The number of rotatable bonds is 3. The smallest absolute Gasteiger partial charge is 0.479 e. The molecule has 0 unspecified atom stereocenters. The van der Waals surface area contributed by atoms with Gasteiger partial charge in [0.2, 0.25) is 6.17 Å². The van der Waals surface area contributed by atoms with Crippen molar-refractivity contribution >= 4 is 18.6 Å². The molecule has 1 aromatic rings. The normalized spacial score (nSPS) is 16.0. The zero-order chi connectivity index (χ0) is 11.7. The molecular formula is C10H10BFO4. The third-order valence-electron chi connectivity index (χ3n) is 2.60. The maximum atomic E-state index is 13.1. The van der Waals surface area contributed by atoms with Gasteiger partial charge in [-0.15, -0.1) is 0 Å². The number of hydrogen-bond acceptors (Lipinski definition) is 3. The van der Waals surface area contributed by atoms with E-state index in [0.29, 0.717) is 11.0 Å². The third-order valence-corrected chi connectivity index (χ3v) is 2.60.